The Labute approximate surface area is 216 Å². The first-order valence-electron chi connectivity index (χ1n) is 11.6. The van der Waals surface area contributed by atoms with Crippen LogP contribution in [0.15, 0.2) is 52.3 Å². The van der Waals surface area contributed by atoms with Crippen molar-refractivity contribution in [1.29, 1.82) is 0 Å². The van der Waals surface area contributed by atoms with E-state index in [1.54, 1.807) is 4.57 Å². The number of halogens is 2. The van der Waals surface area contributed by atoms with Crippen LogP contribution in [0.25, 0.3) is 0 Å². The second-order valence-electron chi connectivity index (χ2n) is 9.65. The minimum Gasteiger partial charge on any atom is -0.325 e. The Morgan fingerprint density at radius 3 is 2.76 bits per heavy atom. The number of nitrogens with one attached hydrogen (secondary N) is 1. The summed E-state index contributed by atoms with van der Waals surface area (Å²) in [5, 5.41) is 5.44. The molecule has 5 atom stereocenters. The molecule has 2 fully saturated rings. The van der Waals surface area contributed by atoms with Gasteiger partial charge in [-0.15, -0.1) is 11.8 Å². The summed E-state index contributed by atoms with van der Waals surface area (Å²) in [5.41, 5.74) is 2.82. The third-order valence-corrected chi connectivity index (χ3v) is 11.3. The lowest BCUT2D eigenvalue weighted by molar-refractivity contribution is -0.116. The van der Waals surface area contributed by atoms with E-state index in [-0.39, 0.29) is 23.2 Å². The highest BCUT2D eigenvalue weighted by Crippen LogP contribution is 2.64. The van der Waals surface area contributed by atoms with Crippen molar-refractivity contribution in [3.8, 4) is 0 Å². The molecule has 1 aliphatic heterocycles. The number of carbonyl (C=O) groups excluding carboxylic acids is 1. The summed E-state index contributed by atoms with van der Waals surface area (Å²) in [5.74, 6) is 1.59. The monoisotopic (exact) mass is 530 g/mol. The van der Waals surface area contributed by atoms with Crippen LogP contribution in [0, 0.1) is 24.7 Å². The van der Waals surface area contributed by atoms with Gasteiger partial charge in [0, 0.05) is 21.7 Å². The molecular formula is C26H24Cl2N2O2S2. The fourth-order valence-corrected chi connectivity index (χ4v) is 9.83. The van der Waals surface area contributed by atoms with Crippen LogP contribution in [-0.2, 0) is 11.3 Å². The predicted octanol–water partition coefficient (Wildman–Crippen LogP) is 6.82. The Balaban J connectivity index is 1.40. The first-order chi connectivity index (χ1) is 16.4. The predicted molar refractivity (Wildman–Crippen MR) is 141 cm³/mol. The number of nitrogens with zero attached hydrogens (tertiary/aromatic N) is 1. The molecule has 0 radical (unpaired) electrons. The molecule has 2 aromatic carbocycles. The molecule has 2 aliphatic carbocycles. The maximum atomic E-state index is 13.2. The second kappa shape index (κ2) is 8.74. The van der Waals surface area contributed by atoms with E-state index in [9.17, 15) is 9.59 Å². The zero-order valence-corrected chi connectivity index (χ0v) is 21.7. The minimum absolute atomic E-state index is 0.00703. The molecule has 0 saturated heterocycles. The molecule has 6 rings (SSSR count). The van der Waals surface area contributed by atoms with Crippen LogP contribution in [-0.4, -0.2) is 15.7 Å². The van der Waals surface area contributed by atoms with E-state index in [4.69, 9.17) is 23.2 Å². The van der Waals surface area contributed by atoms with E-state index >= 15 is 0 Å². The number of aromatic nitrogens is 1. The molecule has 0 unspecified atom stereocenters. The number of amides is 1. The summed E-state index contributed by atoms with van der Waals surface area (Å²) in [4.78, 5) is 27.1. The van der Waals surface area contributed by atoms with Gasteiger partial charge in [-0.05, 0) is 73.3 Å². The number of aryl methyl sites for hydroxylation is 1. The number of rotatable bonds is 4. The Morgan fingerprint density at radius 1 is 1.15 bits per heavy atom. The molecule has 2 bridgehead atoms. The van der Waals surface area contributed by atoms with Crippen LogP contribution < -0.4 is 10.2 Å². The van der Waals surface area contributed by atoms with Gasteiger partial charge in [-0.25, -0.2) is 0 Å². The third-order valence-electron chi connectivity index (χ3n) is 7.61. The van der Waals surface area contributed by atoms with E-state index in [0.717, 1.165) is 26.7 Å². The van der Waals surface area contributed by atoms with Crippen molar-refractivity contribution in [3.63, 3.8) is 0 Å². The molecule has 34 heavy (non-hydrogen) atoms. The molecule has 0 spiro atoms. The molecule has 1 aromatic heterocycles. The average molecular weight is 532 g/mol. The summed E-state index contributed by atoms with van der Waals surface area (Å²) >= 11 is 16.2. The highest BCUT2D eigenvalue weighted by atomic mass is 35.5. The van der Waals surface area contributed by atoms with Crippen LogP contribution in [0.2, 0.25) is 10.0 Å². The Hall–Kier alpha value is -1.73. The number of benzene rings is 2. The van der Waals surface area contributed by atoms with Crippen LogP contribution in [0.4, 0.5) is 5.69 Å². The van der Waals surface area contributed by atoms with Gasteiger partial charge in [0.2, 0.25) is 5.91 Å². The zero-order valence-electron chi connectivity index (χ0n) is 18.6. The second-order valence-corrected chi connectivity index (χ2v) is 12.6. The van der Waals surface area contributed by atoms with Gasteiger partial charge in [0.05, 0.1) is 15.1 Å². The van der Waals surface area contributed by atoms with Crippen LogP contribution in [0.1, 0.15) is 41.2 Å². The minimum atomic E-state index is -0.193. The van der Waals surface area contributed by atoms with Crippen molar-refractivity contribution >= 4 is 57.9 Å². The molecule has 3 aliphatic rings. The van der Waals surface area contributed by atoms with Gasteiger partial charge in [-0.3, -0.25) is 14.2 Å². The van der Waals surface area contributed by atoms with E-state index in [1.165, 1.54) is 30.6 Å². The number of thioether (sulfide) groups is 1. The number of fused-ring (bicyclic) bond motifs is 6. The van der Waals surface area contributed by atoms with Gasteiger partial charge in [-0.1, -0.05) is 58.8 Å². The topological polar surface area (TPSA) is 51.1 Å². The molecule has 1 amide bonds. The first kappa shape index (κ1) is 22.7. The third kappa shape index (κ3) is 3.74. The number of hydrogen-bond acceptors (Lipinski definition) is 4. The quantitative estimate of drug-likeness (QED) is 0.402. The van der Waals surface area contributed by atoms with E-state index in [0.29, 0.717) is 33.0 Å². The summed E-state index contributed by atoms with van der Waals surface area (Å²) in [6.07, 6.45) is 3.72. The summed E-state index contributed by atoms with van der Waals surface area (Å²) in [7, 11) is 0. The molecule has 2 saturated carbocycles. The summed E-state index contributed by atoms with van der Waals surface area (Å²) < 4.78 is 1.67. The Kier molecular flexibility index (Phi) is 5.84. The molecule has 176 valence electrons. The van der Waals surface area contributed by atoms with Crippen molar-refractivity contribution in [2.45, 2.75) is 48.9 Å². The first-order valence-corrected chi connectivity index (χ1v) is 14.1. The molecule has 3 aromatic rings. The van der Waals surface area contributed by atoms with Gasteiger partial charge in [0.15, 0.2) is 0 Å². The average Bonchev–Trinajstić information content (AvgIpc) is 3.49. The molecule has 1 N–H and O–H groups in total. The van der Waals surface area contributed by atoms with E-state index in [1.807, 2.05) is 55.1 Å². The van der Waals surface area contributed by atoms with Crippen LogP contribution in [0.3, 0.4) is 0 Å². The fourth-order valence-electron chi connectivity index (χ4n) is 6.26. The zero-order chi connectivity index (χ0) is 23.6. The Morgan fingerprint density at radius 2 is 1.94 bits per heavy atom. The van der Waals surface area contributed by atoms with Crippen molar-refractivity contribution in [1.82, 2.24) is 4.57 Å². The number of thiazole rings is 1. The van der Waals surface area contributed by atoms with Crippen LogP contribution >= 0.6 is 46.3 Å². The standard InChI is InChI=1S/C26H24Cl2N2O2S2/c1-13-4-2-5-16(10-13)29-19(31)12-30-25-24(34-26(30)32)21(17-6-3-7-18(27)22(17)28)20-14-8-9-15(11-14)23(20)33-25/h2-7,10,14-15,20-21,23H,8-9,11-12H2,1H3,(H,29,31)/t14-,15-,20-,21-,23+/m0/s1. The van der Waals surface area contributed by atoms with E-state index in [2.05, 4.69) is 11.4 Å². The lowest BCUT2D eigenvalue weighted by atomic mass is 9.75. The number of hydrogen-bond donors (Lipinski definition) is 1. The van der Waals surface area contributed by atoms with Crippen molar-refractivity contribution < 1.29 is 4.79 Å². The van der Waals surface area contributed by atoms with Gasteiger partial charge in [-0.2, -0.15) is 0 Å². The maximum Gasteiger partial charge on any atom is 0.308 e. The fraction of sp³-hybridized carbons (Fsp3) is 0.385. The molecule has 2 heterocycles. The van der Waals surface area contributed by atoms with Gasteiger partial charge >= 0.3 is 4.87 Å². The van der Waals surface area contributed by atoms with Crippen molar-refractivity contribution in [2.24, 2.45) is 17.8 Å². The normalized spacial score (nSPS) is 26.9. The lowest BCUT2D eigenvalue weighted by Crippen LogP contribution is -2.35. The summed E-state index contributed by atoms with van der Waals surface area (Å²) in [6.45, 7) is 1.99. The van der Waals surface area contributed by atoms with E-state index < -0.39 is 0 Å². The number of carbonyl (C=O) groups is 1. The highest BCUT2D eigenvalue weighted by molar-refractivity contribution is 8.00. The molecule has 8 heteroatoms. The van der Waals surface area contributed by atoms with Crippen molar-refractivity contribution in [3.05, 3.63) is 78.2 Å². The Bertz CT molecular complexity index is 1350. The maximum absolute atomic E-state index is 13.2. The molecule has 4 nitrogen and oxygen atoms in total. The number of anilines is 1. The van der Waals surface area contributed by atoms with Crippen molar-refractivity contribution in [2.75, 3.05) is 5.32 Å². The van der Waals surface area contributed by atoms with Gasteiger partial charge in [0.25, 0.3) is 0 Å². The smallest absolute Gasteiger partial charge is 0.308 e. The highest BCUT2D eigenvalue weighted by Gasteiger charge is 2.55. The largest absolute Gasteiger partial charge is 0.325 e. The lowest BCUT2D eigenvalue weighted by Gasteiger charge is -2.40. The SMILES string of the molecule is Cc1cccc(NC(=O)Cn2c3c(sc2=O)[C@@H](c2cccc(Cl)c2Cl)[C@@H]2[C@H]4CC[C@@H](C4)[C@H]2S3)c1. The van der Waals surface area contributed by atoms with Gasteiger partial charge < -0.3 is 5.32 Å². The van der Waals surface area contributed by atoms with Crippen LogP contribution in [0.5, 0.6) is 0 Å². The van der Waals surface area contributed by atoms with Gasteiger partial charge in [0.1, 0.15) is 6.54 Å². The molecular weight excluding hydrogens is 507 g/mol. The summed E-state index contributed by atoms with van der Waals surface area (Å²) in [6, 6.07) is 13.5.